The highest BCUT2D eigenvalue weighted by atomic mass is 19.1. The Kier molecular flexibility index (Phi) is 2.92. The number of hydrogen-bond acceptors (Lipinski definition) is 2. The lowest BCUT2D eigenvalue weighted by Gasteiger charge is -2.10. The number of carboxylic acids is 1. The van der Waals surface area contributed by atoms with E-state index in [2.05, 4.69) is 5.32 Å². The van der Waals surface area contributed by atoms with E-state index < -0.39 is 11.4 Å². The second-order valence-corrected chi connectivity index (χ2v) is 4.32. The zero-order chi connectivity index (χ0) is 11.6. The molecule has 0 unspecified atom stereocenters. The summed E-state index contributed by atoms with van der Waals surface area (Å²) in [5, 5.41) is 12.0. The normalized spacial score (nSPS) is 17.1. The van der Waals surface area contributed by atoms with E-state index in [1.54, 1.807) is 12.1 Å². The van der Waals surface area contributed by atoms with Crippen LogP contribution < -0.4 is 5.32 Å². The van der Waals surface area contributed by atoms with Gasteiger partial charge in [-0.25, -0.2) is 4.39 Å². The van der Waals surface area contributed by atoms with Crippen LogP contribution in [0.1, 0.15) is 18.4 Å². The molecule has 2 N–H and O–H groups in total. The van der Waals surface area contributed by atoms with Crippen molar-refractivity contribution in [3.8, 4) is 0 Å². The number of aliphatic carboxylic acids is 1. The summed E-state index contributed by atoms with van der Waals surface area (Å²) < 4.78 is 12.6. The lowest BCUT2D eigenvalue weighted by Crippen LogP contribution is -2.29. The van der Waals surface area contributed by atoms with Gasteiger partial charge in [0.15, 0.2) is 0 Å². The van der Waals surface area contributed by atoms with Crippen molar-refractivity contribution in [1.82, 2.24) is 5.32 Å². The number of carboxylic acid groups (broad SMARTS) is 1. The first-order chi connectivity index (χ1) is 7.62. The minimum Gasteiger partial charge on any atom is -0.481 e. The van der Waals surface area contributed by atoms with Crippen LogP contribution in [0.25, 0.3) is 0 Å². The summed E-state index contributed by atoms with van der Waals surface area (Å²) in [5.41, 5.74) is 0.419. The minimum atomic E-state index is -0.723. The van der Waals surface area contributed by atoms with Gasteiger partial charge >= 0.3 is 5.97 Å². The molecular formula is C12H14FNO2. The quantitative estimate of drug-likeness (QED) is 0.800. The second kappa shape index (κ2) is 4.22. The molecule has 1 aliphatic rings. The molecule has 0 bridgehead atoms. The van der Waals surface area contributed by atoms with Crippen molar-refractivity contribution in [3.05, 3.63) is 35.6 Å². The Morgan fingerprint density at radius 2 is 2.00 bits per heavy atom. The molecule has 4 heteroatoms. The van der Waals surface area contributed by atoms with E-state index in [1.165, 1.54) is 12.1 Å². The van der Waals surface area contributed by atoms with Crippen LogP contribution >= 0.6 is 0 Å². The molecule has 0 saturated heterocycles. The van der Waals surface area contributed by atoms with Crippen LogP contribution in [0.4, 0.5) is 4.39 Å². The Balaban J connectivity index is 1.80. The molecule has 2 rings (SSSR count). The third-order valence-electron chi connectivity index (χ3n) is 3.01. The van der Waals surface area contributed by atoms with Gasteiger partial charge in [0, 0.05) is 13.1 Å². The van der Waals surface area contributed by atoms with Crippen molar-refractivity contribution in [3.63, 3.8) is 0 Å². The zero-order valence-electron chi connectivity index (χ0n) is 8.87. The third kappa shape index (κ3) is 2.39. The number of hydrogen-bond donors (Lipinski definition) is 2. The van der Waals surface area contributed by atoms with E-state index in [4.69, 9.17) is 5.11 Å². The van der Waals surface area contributed by atoms with Crippen LogP contribution in [0.5, 0.6) is 0 Å². The van der Waals surface area contributed by atoms with Gasteiger partial charge in [-0.3, -0.25) is 4.79 Å². The minimum absolute atomic E-state index is 0.257. The maximum absolute atomic E-state index is 12.6. The van der Waals surface area contributed by atoms with Gasteiger partial charge in [0.1, 0.15) is 5.82 Å². The Bertz CT molecular complexity index is 385. The molecule has 0 heterocycles. The fourth-order valence-corrected chi connectivity index (χ4v) is 1.67. The zero-order valence-corrected chi connectivity index (χ0v) is 8.87. The highest BCUT2D eigenvalue weighted by Crippen LogP contribution is 2.45. The Morgan fingerprint density at radius 3 is 2.50 bits per heavy atom. The average Bonchev–Trinajstić information content (AvgIpc) is 3.02. The smallest absolute Gasteiger partial charge is 0.310 e. The molecule has 1 fully saturated rings. The van der Waals surface area contributed by atoms with Gasteiger partial charge in [0.25, 0.3) is 0 Å². The molecule has 0 amide bonds. The van der Waals surface area contributed by atoms with Gasteiger partial charge in [0.2, 0.25) is 0 Å². The highest BCUT2D eigenvalue weighted by molar-refractivity contribution is 5.78. The monoisotopic (exact) mass is 223 g/mol. The summed E-state index contributed by atoms with van der Waals surface area (Å²) in [6, 6.07) is 6.20. The molecule has 0 aliphatic heterocycles. The molecule has 0 radical (unpaired) electrons. The number of carbonyl (C=O) groups is 1. The fraction of sp³-hybridized carbons (Fsp3) is 0.417. The van der Waals surface area contributed by atoms with Crippen molar-refractivity contribution in [2.24, 2.45) is 5.41 Å². The highest BCUT2D eigenvalue weighted by Gasteiger charge is 2.49. The molecule has 0 atom stereocenters. The molecule has 0 aromatic heterocycles. The van der Waals surface area contributed by atoms with Crippen LogP contribution in [-0.4, -0.2) is 17.6 Å². The molecule has 1 aromatic rings. The Morgan fingerprint density at radius 1 is 1.38 bits per heavy atom. The first-order valence-electron chi connectivity index (χ1n) is 5.31. The van der Waals surface area contributed by atoms with Crippen molar-refractivity contribution in [2.75, 3.05) is 6.54 Å². The van der Waals surface area contributed by atoms with Gasteiger partial charge in [-0.1, -0.05) is 12.1 Å². The van der Waals surface area contributed by atoms with E-state index in [9.17, 15) is 9.18 Å². The van der Waals surface area contributed by atoms with Gasteiger partial charge in [-0.15, -0.1) is 0 Å². The van der Waals surface area contributed by atoms with E-state index in [0.717, 1.165) is 18.4 Å². The van der Waals surface area contributed by atoms with Gasteiger partial charge in [0.05, 0.1) is 5.41 Å². The predicted octanol–water partition coefficient (Wildman–Crippen LogP) is 1.78. The summed E-state index contributed by atoms with van der Waals surface area (Å²) in [7, 11) is 0. The molecular weight excluding hydrogens is 209 g/mol. The van der Waals surface area contributed by atoms with E-state index in [1.807, 2.05) is 0 Å². The van der Waals surface area contributed by atoms with Crippen LogP contribution in [0.2, 0.25) is 0 Å². The topological polar surface area (TPSA) is 49.3 Å². The maximum atomic E-state index is 12.6. The number of nitrogens with one attached hydrogen (secondary N) is 1. The van der Waals surface area contributed by atoms with Crippen LogP contribution in [0.3, 0.4) is 0 Å². The first kappa shape index (κ1) is 11.1. The van der Waals surface area contributed by atoms with E-state index >= 15 is 0 Å². The fourth-order valence-electron chi connectivity index (χ4n) is 1.67. The molecule has 1 saturated carbocycles. The van der Waals surface area contributed by atoms with Crippen LogP contribution in [-0.2, 0) is 11.3 Å². The largest absolute Gasteiger partial charge is 0.481 e. The molecule has 16 heavy (non-hydrogen) atoms. The molecule has 0 spiro atoms. The lowest BCUT2D eigenvalue weighted by molar-refractivity contribution is -0.143. The molecule has 1 aliphatic carbocycles. The first-order valence-corrected chi connectivity index (χ1v) is 5.31. The van der Waals surface area contributed by atoms with Crippen molar-refractivity contribution < 1.29 is 14.3 Å². The number of benzene rings is 1. The number of halogens is 1. The molecule has 3 nitrogen and oxygen atoms in total. The summed E-state index contributed by atoms with van der Waals surface area (Å²) in [5.74, 6) is -0.980. The predicted molar refractivity (Wildman–Crippen MR) is 57.4 cm³/mol. The SMILES string of the molecule is O=C(O)C1(CNCc2ccc(F)cc2)CC1. The van der Waals surface area contributed by atoms with Gasteiger partial charge in [-0.05, 0) is 30.5 Å². The Hall–Kier alpha value is -1.42. The third-order valence-corrected chi connectivity index (χ3v) is 3.01. The van der Waals surface area contributed by atoms with Gasteiger partial charge < -0.3 is 10.4 Å². The van der Waals surface area contributed by atoms with Gasteiger partial charge in [-0.2, -0.15) is 0 Å². The summed E-state index contributed by atoms with van der Waals surface area (Å²) in [6.45, 7) is 1.06. The lowest BCUT2D eigenvalue weighted by atomic mass is 10.1. The summed E-state index contributed by atoms with van der Waals surface area (Å²) in [4.78, 5) is 10.9. The van der Waals surface area contributed by atoms with Crippen LogP contribution in [0.15, 0.2) is 24.3 Å². The standard InChI is InChI=1S/C12H14FNO2/c13-10-3-1-9(2-4-10)7-14-8-12(5-6-12)11(15)16/h1-4,14H,5-8H2,(H,15,16). The van der Waals surface area contributed by atoms with Crippen LogP contribution in [0, 0.1) is 11.2 Å². The van der Waals surface area contributed by atoms with E-state index in [-0.39, 0.29) is 5.82 Å². The van der Waals surface area contributed by atoms with Crippen molar-refractivity contribution >= 4 is 5.97 Å². The number of rotatable bonds is 5. The second-order valence-electron chi connectivity index (χ2n) is 4.32. The van der Waals surface area contributed by atoms with E-state index in [0.29, 0.717) is 13.1 Å². The average molecular weight is 223 g/mol. The summed E-state index contributed by atoms with van der Waals surface area (Å²) in [6.07, 6.45) is 1.50. The maximum Gasteiger partial charge on any atom is 0.310 e. The molecule has 1 aromatic carbocycles. The van der Waals surface area contributed by atoms with Crippen molar-refractivity contribution in [1.29, 1.82) is 0 Å². The van der Waals surface area contributed by atoms with Crippen molar-refractivity contribution in [2.45, 2.75) is 19.4 Å². The molecule has 86 valence electrons. The Labute approximate surface area is 93.3 Å². The summed E-state index contributed by atoms with van der Waals surface area (Å²) >= 11 is 0.